The predicted molar refractivity (Wildman–Crippen MR) is 175 cm³/mol. The van der Waals surface area contributed by atoms with E-state index in [0.29, 0.717) is 11.1 Å². The number of imidazole rings is 1. The first-order valence-electron chi connectivity index (χ1n) is 16.0. The molecule has 2 aliphatic carbocycles. The minimum Gasteiger partial charge on any atom is -0.339 e. The number of benzene rings is 2. The van der Waals surface area contributed by atoms with Crippen LogP contribution in [-0.4, -0.2) is 30.8 Å². The fourth-order valence-corrected chi connectivity index (χ4v) is 7.41. The Labute approximate surface area is 262 Å². The fourth-order valence-electron chi connectivity index (χ4n) is 7.41. The summed E-state index contributed by atoms with van der Waals surface area (Å²) in [5.41, 5.74) is 6.07. The van der Waals surface area contributed by atoms with Gasteiger partial charge in [-0.2, -0.15) is 4.39 Å². The molecule has 0 bridgehead atoms. The van der Waals surface area contributed by atoms with E-state index in [4.69, 9.17) is 4.98 Å². The van der Waals surface area contributed by atoms with Gasteiger partial charge in [0.25, 0.3) is 5.91 Å². The molecule has 2 aromatic carbocycles. The number of nitrogens with zero attached hydrogens (tertiary/aromatic N) is 4. The lowest BCUT2D eigenvalue weighted by Crippen LogP contribution is -2.52. The highest BCUT2D eigenvalue weighted by atomic mass is 19.1. The number of halogens is 1. The molecule has 1 amide bonds. The average Bonchev–Trinajstić information content (AvgIpc) is 3.51. The summed E-state index contributed by atoms with van der Waals surface area (Å²) in [6, 6.07) is 15.7. The van der Waals surface area contributed by atoms with E-state index in [-0.39, 0.29) is 17.7 Å². The van der Waals surface area contributed by atoms with Crippen LogP contribution in [0.2, 0.25) is 0 Å². The van der Waals surface area contributed by atoms with Crippen LogP contribution >= 0.6 is 0 Å². The standard InChI is InChI=1S/C37H38FN5O2/c1-23(44)12-13-25-14-16-30-32(21-25)42(3)36(40-30)37(18-8-19-37)41-35(45)26-15-17-31-29(22-26)24(2)33(28-11-7-20-39-34(28)38)43(31)27-9-5-4-6-10-27/h7,11-17,20-22,27H,4-6,8-10,18-19H2,1-3H3,(H,41,45)/b13-12+. The Morgan fingerprint density at radius 3 is 2.53 bits per heavy atom. The summed E-state index contributed by atoms with van der Waals surface area (Å²) in [5, 5.41) is 4.33. The number of aromatic nitrogens is 4. The summed E-state index contributed by atoms with van der Waals surface area (Å²) < 4.78 is 19.5. The molecule has 8 heteroatoms. The SMILES string of the molecule is CC(=O)/C=C/c1ccc2nc(C3(NC(=O)c4ccc5c(c4)c(C)c(-c4cccnc4F)n5C4CCCCC4)CCC3)n(C)c2c1. The van der Waals surface area contributed by atoms with E-state index in [9.17, 15) is 9.59 Å². The third-order valence-electron chi connectivity index (χ3n) is 9.88. The summed E-state index contributed by atoms with van der Waals surface area (Å²) >= 11 is 0. The number of rotatable bonds is 7. The summed E-state index contributed by atoms with van der Waals surface area (Å²) in [6.07, 6.45) is 13.1. The summed E-state index contributed by atoms with van der Waals surface area (Å²) in [4.78, 5) is 34.3. The lowest BCUT2D eigenvalue weighted by atomic mass is 9.75. The Morgan fingerprint density at radius 2 is 1.82 bits per heavy atom. The van der Waals surface area contributed by atoms with Crippen molar-refractivity contribution < 1.29 is 14.0 Å². The van der Waals surface area contributed by atoms with E-state index in [2.05, 4.69) is 19.4 Å². The highest BCUT2D eigenvalue weighted by Gasteiger charge is 2.44. The van der Waals surface area contributed by atoms with Crippen LogP contribution in [0, 0.1) is 12.9 Å². The molecule has 0 atom stereocenters. The van der Waals surface area contributed by atoms with Crippen LogP contribution in [0.4, 0.5) is 4.39 Å². The van der Waals surface area contributed by atoms with Crippen LogP contribution in [0.5, 0.6) is 0 Å². The minimum atomic E-state index is -0.567. The molecule has 230 valence electrons. The van der Waals surface area contributed by atoms with Gasteiger partial charge >= 0.3 is 0 Å². The highest BCUT2D eigenvalue weighted by molar-refractivity contribution is 6.01. The molecular weight excluding hydrogens is 565 g/mol. The second-order valence-corrected chi connectivity index (χ2v) is 12.8. The van der Waals surface area contributed by atoms with Crippen molar-refractivity contribution >= 4 is 39.7 Å². The number of carbonyl (C=O) groups excluding carboxylic acids is 2. The number of carbonyl (C=O) groups is 2. The third kappa shape index (κ3) is 5.06. The van der Waals surface area contributed by atoms with Gasteiger partial charge in [0.1, 0.15) is 5.82 Å². The number of fused-ring (bicyclic) bond motifs is 2. The Morgan fingerprint density at radius 1 is 1.02 bits per heavy atom. The number of pyridine rings is 1. The largest absolute Gasteiger partial charge is 0.339 e. The first kappa shape index (κ1) is 29.1. The molecule has 1 N–H and O–H groups in total. The van der Waals surface area contributed by atoms with Gasteiger partial charge in [0.2, 0.25) is 5.95 Å². The molecule has 2 aliphatic rings. The van der Waals surface area contributed by atoms with Gasteiger partial charge in [0.15, 0.2) is 5.78 Å². The van der Waals surface area contributed by atoms with Crippen molar-refractivity contribution in [1.82, 2.24) is 24.4 Å². The summed E-state index contributed by atoms with van der Waals surface area (Å²) in [7, 11) is 1.98. The fraction of sp³-hybridized carbons (Fsp3) is 0.351. The van der Waals surface area contributed by atoms with E-state index in [1.54, 1.807) is 18.2 Å². The van der Waals surface area contributed by atoms with Gasteiger partial charge in [0.05, 0.1) is 27.8 Å². The van der Waals surface area contributed by atoms with E-state index in [0.717, 1.165) is 89.5 Å². The van der Waals surface area contributed by atoms with Gasteiger partial charge in [-0.05, 0) is 106 Å². The number of hydrogen-bond acceptors (Lipinski definition) is 4. The van der Waals surface area contributed by atoms with Crippen LogP contribution in [0.3, 0.4) is 0 Å². The molecule has 0 saturated heterocycles. The van der Waals surface area contributed by atoms with Crippen LogP contribution in [0.25, 0.3) is 39.3 Å². The maximum Gasteiger partial charge on any atom is 0.252 e. The van der Waals surface area contributed by atoms with Gasteiger partial charge in [0, 0.05) is 35.8 Å². The molecule has 7 nitrogen and oxygen atoms in total. The lowest BCUT2D eigenvalue weighted by molar-refractivity contribution is -0.112. The Balaban J connectivity index is 1.25. The second kappa shape index (κ2) is 11.4. The van der Waals surface area contributed by atoms with E-state index in [1.807, 2.05) is 56.4 Å². The summed E-state index contributed by atoms with van der Waals surface area (Å²) in [5.74, 6) is 0.207. The highest BCUT2D eigenvalue weighted by Crippen LogP contribution is 2.43. The van der Waals surface area contributed by atoms with Crippen molar-refractivity contribution in [2.45, 2.75) is 76.8 Å². The third-order valence-corrected chi connectivity index (χ3v) is 9.88. The van der Waals surface area contributed by atoms with Crippen molar-refractivity contribution in [2.24, 2.45) is 7.05 Å². The Bertz CT molecular complexity index is 1990. The van der Waals surface area contributed by atoms with E-state index in [1.165, 1.54) is 19.5 Å². The average molecular weight is 604 g/mol. The maximum absolute atomic E-state index is 15.1. The second-order valence-electron chi connectivity index (χ2n) is 12.8. The van der Waals surface area contributed by atoms with Crippen molar-refractivity contribution in [3.8, 4) is 11.3 Å². The van der Waals surface area contributed by atoms with Crippen LogP contribution in [0.1, 0.15) is 91.6 Å². The molecule has 3 aromatic heterocycles. The smallest absolute Gasteiger partial charge is 0.252 e. The topological polar surface area (TPSA) is 81.8 Å². The quantitative estimate of drug-likeness (QED) is 0.151. The Hall–Kier alpha value is -4.59. The van der Waals surface area contributed by atoms with Gasteiger partial charge in [-0.1, -0.05) is 31.4 Å². The number of allylic oxidation sites excluding steroid dienone is 1. The molecule has 0 unspecified atom stereocenters. The molecule has 5 aromatic rings. The number of aryl methyl sites for hydroxylation is 2. The maximum atomic E-state index is 15.1. The monoisotopic (exact) mass is 603 g/mol. The number of amides is 1. The van der Waals surface area contributed by atoms with Crippen LogP contribution < -0.4 is 5.32 Å². The summed E-state index contributed by atoms with van der Waals surface area (Å²) in [6.45, 7) is 3.56. The molecule has 2 saturated carbocycles. The zero-order valence-electron chi connectivity index (χ0n) is 26.1. The minimum absolute atomic E-state index is 0.00341. The zero-order chi connectivity index (χ0) is 31.3. The first-order chi connectivity index (χ1) is 21.8. The lowest BCUT2D eigenvalue weighted by Gasteiger charge is -2.41. The van der Waals surface area contributed by atoms with Crippen LogP contribution in [-0.2, 0) is 17.4 Å². The molecule has 45 heavy (non-hydrogen) atoms. The van der Waals surface area contributed by atoms with Crippen LogP contribution in [0.15, 0.2) is 60.8 Å². The normalized spacial score (nSPS) is 16.8. The number of nitrogens with one attached hydrogen (secondary N) is 1. The molecule has 2 fully saturated rings. The van der Waals surface area contributed by atoms with E-state index >= 15 is 4.39 Å². The molecule has 0 radical (unpaired) electrons. The molecular formula is C37H38FN5O2. The Kier molecular flexibility index (Phi) is 7.38. The van der Waals surface area contributed by atoms with E-state index < -0.39 is 11.5 Å². The molecule has 7 rings (SSSR count). The molecule has 0 aliphatic heterocycles. The van der Waals surface area contributed by atoms with Gasteiger partial charge in [-0.25, -0.2) is 9.97 Å². The van der Waals surface area contributed by atoms with Crippen molar-refractivity contribution in [3.63, 3.8) is 0 Å². The van der Waals surface area contributed by atoms with Gasteiger partial charge in [-0.15, -0.1) is 0 Å². The van der Waals surface area contributed by atoms with Crippen molar-refractivity contribution in [2.75, 3.05) is 0 Å². The van der Waals surface area contributed by atoms with Gasteiger partial charge < -0.3 is 14.5 Å². The zero-order valence-corrected chi connectivity index (χ0v) is 26.1. The van der Waals surface area contributed by atoms with Crippen molar-refractivity contribution in [3.05, 3.63) is 89.3 Å². The van der Waals surface area contributed by atoms with Gasteiger partial charge in [-0.3, -0.25) is 9.59 Å². The first-order valence-corrected chi connectivity index (χ1v) is 16.0. The number of hydrogen-bond donors (Lipinski definition) is 1. The van der Waals surface area contributed by atoms with Crippen molar-refractivity contribution in [1.29, 1.82) is 0 Å². The predicted octanol–water partition coefficient (Wildman–Crippen LogP) is 7.95. The molecule has 3 heterocycles. The number of ketones is 1. The molecule has 0 spiro atoms.